The van der Waals surface area contributed by atoms with Crippen LogP contribution in [0, 0.1) is 11.8 Å². The molecule has 0 bridgehead atoms. The van der Waals surface area contributed by atoms with E-state index in [9.17, 15) is 14.7 Å². The molecule has 2 rings (SSSR count). The van der Waals surface area contributed by atoms with Crippen molar-refractivity contribution in [2.75, 3.05) is 0 Å². The summed E-state index contributed by atoms with van der Waals surface area (Å²) in [5.41, 5.74) is -0.00352. The average Bonchev–Trinajstić information content (AvgIpc) is 2.92. The van der Waals surface area contributed by atoms with Gasteiger partial charge < -0.3 is 10.4 Å². The van der Waals surface area contributed by atoms with Crippen LogP contribution in [0.4, 0.5) is 0 Å². The number of carbonyl (C=O) groups excluding carboxylic acids is 2. The monoisotopic (exact) mass is 209 g/mol. The summed E-state index contributed by atoms with van der Waals surface area (Å²) < 4.78 is 0. The van der Waals surface area contributed by atoms with Gasteiger partial charge in [-0.2, -0.15) is 0 Å². The van der Waals surface area contributed by atoms with Crippen LogP contribution in [-0.4, -0.2) is 22.8 Å². The average molecular weight is 209 g/mol. The number of hydrogen-bond donors (Lipinski definition) is 2. The Balaban J connectivity index is 2.30. The van der Waals surface area contributed by atoms with Gasteiger partial charge in [-0.1, -0.05) is 13.8 Å². The number of aliphatic hydroxyl groups excluding tert-OH is 1. The van der Waals surface area contributed by atoms with Gasteiger partial charge in [-0.05, 0) is 18.8 Å². The predicted molar refractivity (Wildman–Crippen MR) is 54.2 cm³/mol. The highest BCUT2D eigenvalue weighted by atomic mass is 16.3. The highest BCUT2D eigenvalue weighted by Crippen LogP contribution is 2.37. The maximum atomic E-state index is 11.8. The number of ketones is 1. The molecule has 4 nitrogen and oxygen atoms in total. The van der Waals surface area contributed by atoms with Crippen LogP contribution in [0.1, 0.15) is 26.7 Å². The van der Waals surface area contributed by atoms with Crippen LogP contribution in [0.3, 0.4) is 0 Å². The number of rotatable bonds is 2. The summed E-state index contributed by atoms with van der Waals surface area (Å²) in [6, 6.07) is -0.464. The number of amides is 1. The lowest BCUT2D eigenvalue weighted by Crippen LogP contribution is -2.33. The first-order chi connectivity index (χ1) is 7.02. The Morgan fingerprint density at radius 2 is 2.00 bits per heavy atom. The highest BCUT2D eigenvalue weighted by Gasteiger charge is 2.42. The van der Waals surface area contributed by atoms with Crippen molar-refractivity contribution in [1.29, 1.82) is 0 Å². The van der Waals surface area contributed by atoms with Gasteiger partial charge >= 0.3 is 0 Å². The molecule has 1 aliphatic carbocycles. The Bertz CT molecular complexity index is 353. The molecule has 1 saturated carbocycles. The minimum atomic E-state index is -0.464. The van der Waals surface area contributed by atoms with Gasteiger partial charge in [0.2, 0.25) is 0 Å². The van der Waals surface area contributed by atoms with E-state index in [0.717, 1.165) is 12.8 Å². The zero-order valence-electron chi connectivity index (χ0n) is 8.91. The van der Waals surface area contributed by atoms with Gasteiger partial charge in [-0.15, -0.1) is 0 Å². The van der Waals surface area contributed by atoms with Gasteiger partial charge in [0, 0.05) is 5.92 Å². The maximum absolute atomic E-state index is 11.8. The number of allylic oxidation sites excluding steroid dienone is 1. The third-order valence-corrected chi connectivity index (χ3v) is 2.93. The molecule has 1 amide bonds. The van der Waals surface area contributed by atoms with E-state index >= 15 is 0 Å². The fourth-order valence-corrected chi connectivity index (χ4v) is 1.82. The van der Waals surface area contributed by atoms with Crippen LogP contribution in [0.2, 0.25) is 0 Å². The second-order valence-electron chi connectivity index (χ2n) is 4.59. The predicted octanol–water partition coefficient (Wildman–Crippen LogP) is 0.932. The Morgan fingerprint density at radius 3 is 2.40 bits per heavy atom. The van der Waals surface area contributed by atoms with Crippen molar-refractivity contribution < 1.29 is 14.7 Å². The summed E-state index contributed by atoms with van der Waals surface area (Å²) in [6.07, 6.45) is 1.75. The first kappa shape index (κ1) is 10.2. The van der Waals surface area contributed by atoms with E-state index in [4.69, 9.17) is 0 Å². The molecule has 82 valence electrons. The number of nitrogens with one attached hydrogen (secondary N) is 1. The van der Waals surface area contributed by atoms with E-state index < -0.39 is 11.9 Å². The van der Waals surface area contributed by atoms with Crippen LogP contribution in [0.5, 0.6) is 0 Å². The number of hydrogen-bond acceptors (Lipinski definition) is 3. The molecule has 0 aromatic heterocycles. The van der Waals surface area contributed by atoms with Gasteiger partial charge in [0.15, 0.2) is 5.78 Å². The second kappa shape index (κ2) is 3.36. The summed E-state index contributed by atoms with van der Waals surface area (Å²) in [7, 11) is 0. The van der Waals surface area contributed by atoms with Crippen molar-refractivity contribution in [1.82, 2.24) is 5.32 Å². The first-order valence-electron chi connectivity index (χ1n) is 5.30. The third kappa shape index (κ3) is 1.64. The van der Waals surface area contributed by atoms with E-state index in [1.807, 2.05) is 13.8 Å². The maximum Gasteiger partial charge on any atom is 0.259 e. The molecule has 0 radical (unpaired) electrons. The molecule has 15 heavy (non-hydrogen) atoms. The van der Waals surface area contributed by atoms with Crippen LogP contribution in [-0.2, 0) is 9.59 Å². The third-order valence-electron chi connectivity index (χ3n) is 2.93. The molecule has 0 aromatic carbocycles. The topological polar surface area (TPSA) is 66.4 Å². The molecule has 0 spiro atoms. The minimum absolute atomic E-state index is 0.000602. The van der Waals surface area contributed by atoms with Crippen LogP contribution in [0.25, 0.3) is 0 Å². The van der Waals surface area contributed by atoms with E-state index in [1.54, 1.807) is 0 Å². The molecule has 0 aromatic rings. The molecule has 1 atom stereocenters. The summed E-state index contributed by atoms with van der Waals surface area (Å²) >= 11 is 0. The van der Waals surface area contributed by atoms with Gasteiger partial charge in [0.25, 0.3) is 5.91 Å². The van der Waals surface area contributed by atoms with Crippen molar-refractivity contribution in [3.8, 4) is 0 Å². The van der Waals surface area contributed by atoms with Crippen LogP contribution < -0.4 is 5.32 Å². The molecule has 2 fully saturated rings. The molecule has 1 saturated heterocycles. The zero-order chi connectivity index (χ0) is 11.2. The van der Waals surface area contributed by atoms with E-state index in [2.05, 4.69) is 5.32 Å². The lowest BCUT2D eigenvalue weighted by atomic mass is 9.98. The van der Waals surface area contributed by atoms with Gasteiger partial charge in [0.1, 0.15) is 11.3 Å². The van der Waals surface area contributed by atoms with Crippen molar-refractivity contribution in [3.05, 3.63) is 11.3 Å². The standard InChI is InChI=1S/C11H15NO3/c1-5(2)8-10(14)7(11(15)12-8)9(13)6-3-4-6/h5-6,8,13H,3-4H2,1-2H3,(H,12,15). The quantitative estimate of drug-likeness (QED) is 0.404. The van der Waals surface area contributed by atoms with Crippen molar-refractivity contribution in [3.63, 3.8) is 0 Å². The fourth-order valence-electron chi connectivity index (χ4n) is 1.82. The Morgan fingerprint density at radius 1 is 1.40 bits per heavy atom. The number of Topliss-reactive ketones (excluding diaryl/α,β-unsaturated/α-hetero) is 1. The Hall–Kier alpha value is -1.32. The van der Waals surface area contributed by atoms with E-state index in [0.29, 0.717) is 0 Å². The highest BCUT2D eigenvalue weighted by molar-refractivity contribution is 6.27. The SMILES string of the molecule is CC(C)C1NC(=O)C(=C(O)C2CC2)C1=O. The molecule has 2 N–H and O–H groups in total. The number of carbonyl (C=O) groups is 2. The molecular formula is C11H15NO3. The first-order valence-corrected chi connectivity index (χ1v) is 5.30. The second-order valence-corrected chi connectivity index (χ2v) is 4.59. The molecule has 1 heterocycles. The van der Waals surface area contributed by atoms with Gasteiger partial charge in [-0.25, -0.2) is 0 Å². The fraction of sp³-hybridized carbons (Fsp3) is 0.636. The Labute approximate surface area is 88.4 Å². The van der Waals surface area contributed by atoms with E-state index in [1.165, 1.54) is 0 Å². The number of aliphatic hydroxyl groups is 1. The van der Waals surface area contributed by atoms with Crippen molar-refractivity contribution in [2.45, 2.75) is 32.7 Å². The van der Waals surface area contributed by atoms with Crippen molar-refractivity contribution >= 4 is 11.7 Å². The van der Waals surface area contributed by atoms with Crippen LogP contribution >= 0.6 is 0 Å². The van der Waals surface area contributed by atoms with Crippen LogP contribution in [0.15, 0.2) is 11.3 Å². The van der Waals surface area contributed by atoms with Crippen molar-refractivity contribution in [2.24, 2.45) is 11.8 Å². The van der Waals surface area contributed by atoms with Gasteiger partial charge in [-0.3, -0.25) is 9.59 Å². The normalized spacial score (nSPS) is 29.7. The van der Waals surface area contributed by atoms with Gasteiger partial charge in [0.05, 0.1) is 6.04 Å². The summed E-state index contributed by atoms with van der Waals surface area (Å²) in [4.78, 5) is 23.4. The lowest BCUT2D eigenvalue weighted by molar-refractivity contribution is -0.117. The zero-order valence-corrected chi connectivity index (χ0v) is 8.91. The molecular weight excluding hydrogens is 194 g/mol. The smallest absolute Gasteiger partial charge is 0.259 e. The summed E-state index contributed by atoms with van der Waals surface area (Å²) in [5, 5.41) is 12.3. The van der Waals surface area contributed by atoms with E-state index in [-0.39, 0.29) is 29.0 Å². The summed E-state index contributed by atoms with van der Waals surface area (Å²) in [5.74, 6) is -0.560. The summed E-state index contributed by atoms with van der Waals surface area (Å²) in [6.45, 7) is 3.75. The molecule has 2 aliphatic rings. The largest absolute Gasteiger partial charge is 0.511 e. The molecule has 1 unspecified atom stereocenters. The molecule has 4 heteroatoms. The molecule has 1 aliphatic heterocycles. The lowest BCUT2D eigenvalue weighted by Gasteiger charge is -2.10. The minimum Gasteiger partial charge on any atom is -0.511 e. The Kier molecular flexibility index (Phi) is 2.29.